The molecule has 0 amide bonds. The molecule has 0 spiro atoms. The van der Waals surface area contributed by atoms with Crippen molar-refractivity contribution in [3.8, 4) is 22.1 Å². The first-order valence-electron chi connectivity index (χ1n) is 10.7. The van der Waals surface area contributed by atoms with E-state index in [1.807, 2.05) is 24.3 Å². The molecule has 3 N–H and O–H groups in total. The van der Waals surface area contributed by atoms with Crippen molar-refractivity contribution < 1.29 is 27.8 Å². The molecule has 0 aliphatic heterocycles. The number of ether oxygens (including phenoxy) is 2. The number of unbranched alkanes of at least 4 members (excludes halogenated alkanes) is 2. The van der Waals surface area contributed by atoms with Gasteiger partial charge in [0.25, 0.3) is 0 Å². The average molecular weight is 516 g/mol. The number of aliphatic hydroxyl groups excluding tert-OH is 1. The van der Waals surface area contributed by atoms with Gasteiger partial charge in [-0.15, -0.1) is 19.4 Å². The van der Waals surface area contributed by atoms with E-state index in [-0.39, 0.29) is 19.0 Å². The van der Waals surface area contributed by atoms with Crippen molar-refractivity contribution in [3.63, 3.8) is 0 Å². The summed E-state index contributed by atoms with van der Waals surface area (Å²) in [6.45, 7) is 2.99. The van der Waals surface area contributed by atoms with Crippen molar-refractivity contribution in [2.75, 3.05) is 26.4 Å². The lowest BCUT2D eigenvalue weighted by atomic mass is 10.1. The minimum atomic E-state index is -4.51. The van der Waals surface area contributed by atoms with Gasteiger partial charge in [0.2, 0.25) is 0 Å². The SMILES string of the molecule is Cc1nnc(-c2ccc(OCCCCCOc3cccc(P)c3)c(C(F)(F)F)c2)s1.NCCO. The Morgan fingerprint density at radius 3 is 2.32 bits per heavy atom. The van der Waals surface area contributed by atoms with Crippen LogP contribution < -0.4 is 20.5 Å². The van der Waals surface area contributed by atoms with Gasteiger partial charge in [0.1, 0.15) is 21.5 Å². The average Bonchev–Trinajstić information content (AvgIpc) is 3.24. The van der Waals surface area contributed by atoms with E-state index in [2.05, 4.69) is 19.4 Å². The molecule has 34 heavy (non-hydrogen) atoms. The number of rotatable bonds is 10. The standard InChI is InChI=1S/C21H22F3N2O2PS.C2H7NO/c1-14-25-26-20(30-14)15-8-9-19(18(12-15)21(22,23)24)28-11-4-2-3-10-27-16-6-5-7-17(29)13-16;3-1-2-4/h5-9,12-13H,2-4,10-11,29H2,1H3;4H,1-3H2. The molecule has 0 aliphatic rings. The van der Waals surface area contributed by atoms with Crippen molar-refractivity contribution in [2.45, 2.75) is 32.4 Å². The fourth-order valence-corrected chi connectivity index (χ4v) is 3.74. The summed E-state index contributed by atoms with van der Waals surface area (Å²) in [7, 11) is 2.62. The van der Waals surface area contributed by atoms with E-state index in [9.17, 15) is 13.2 Å². The normalized spacial score (nSPS) is 11.0. The minimum Gasteiger partial charge on any atom is -0.494 e. The van der Waals surface area contributed by atoms with Gasteiger partial charge in [0.05, 0.1) is 25.4 Å². The molecule has 0 fully saturated rings. The van der Waals surface area contributed by atoms with Crippen LogP contribution in [-0.2, 0) is 6.18 Å². The number of halogens is 3. The summed E-state index contributed by atoms with van der Waals surface area (Å²) in [4.78, 5) is 0. The van der Waals surface area contributed by atoms with Crippen LogP contribution in [0.3, 0.4) is 0 Å². The zero-order valence-corrected chi connectivity index (χ0v) is 20.8. The number of benzene rings is 2. The van der Waals surface area contributed by atoms with Crippen molar-refractivity contribution in [1.29, 1.82) is 0 Å². The second-order valence-corrected chi connectivity index (χ2v) is 9.03. The molecule has 0 saturated heterocycles. The van der Waals surface area contributed by atoms with Crippen LogP contribution in [-0.4, -0.2) is 41.7 Å². The first kappa shape index (κ1) is 28.0. The van der Waals surface area contributed by atoms with E-state index < -0.39 is 11.7 Å². The number of nitrogens with zero attached hydrogens (tertiary/aromatic N) is 2. The van der Waals surface area contributed by atoms with Gasteiger partial charge in [0, 0.05) is 12.1 Å². The predicted molar refractivity (Wildman–Crippen MR) is 132 cm³/mol. The van der Waals surface area contributed by atoms with Gasteiger partial charge in [0.15, 0.2) is 0 Å². The Hall–Kier alpha value is -2.26. The third kappa shape index (κ3) is 9.54. The number of aliphatic hydroxyl groups is 1. The van der Waals surface area contributed by atoms with Crippen molar-refractivity contribution >= 4 is 25.9 Å². The minimum absolute atomic E-state index is 0.0972. The zero-order valence-electron chi connectivity index (χ0n) is 18.8. The maximum Gasteiger partial charge on any atom is 0.419 e. The number of alkyl halides is 3. The summed E-state index contributed by atoms with van der Waals surface area (Å²) in [5, 5.41) is 17.7. The molecule has 0 saturated carbocycles. The molecule has 3 rings (SSSR count). The van der Waals surface area contributed by atoms with E-state index in [0.717, 1.165) is 30.0 Å². The molecule has 2 aromatic carbocycles. The Bertz CT molecular complexity index is 1020. The van der Waals surface area contributed by atoms with Crippen LogP contribution in [0.25, 0.3) is 10.6 Å². The van der Waals surface area contributed by atoms with Gasteiger partial charge in [-0.25, -0.2) is 0 Å². The van der Waals surface area contributed by atoms with Crippen LogP contribution in [0.2, 0.25) is 0 Å². The lowest BCUT2D eigenvalue weighted by Gasteiger charge is -2.15. The molecule has 1 unspecified atom stereocenters. The third-order valence-electron chi connectivity index (χ3n) is 4.36. The lowest BCUT2D eigenvalue weighted by Crippen LogP contribution is -2.10. The summed E-state index contributed by atoms with van der Waals surface area (Å²) in [6.07, 6.45) is -2.28. The molecule has 0 bridgehead atoms. The van der Waals surface area contributed by atoms with Crippen LogP contribution in [0.4, 0.5) is 13.2 Å². The summed E-state index contributed by atoms with van der Waals surface area (Å²) >= 11 is 1.25. The largest absolute Gasteiger partial charge is 0.494 e. The van der Waals surface area contributed by atoms with Crippen molar-refractivity contribution in [2.24, 2.45) is 5.73 Å². The number of hydrogen-bond acceptors (Lipinski definition) is 7. The Kier molecular flexibility index (Phi) is 11.7. The van der Waals surface area contributed by atoms with E-state index in [1.54, 1.807) is 13.0 Å². The molecular formula is C23H29F3N3O3PS. The Morgan fingerprint density at radius 2 is 1.74 bits per heavy atom. The molecule has 0 aliphatic carbocycles. The van der Waals surface area contributed by atoms with Gasteiger partial charge in [-0.05, 0) is 61.8 Å². The van der Waals surface area contributed by atoms with Crippen LogP contribution in [0.5, 0.6) is 11.5 Å². The first-order valence-corrected chi connectivity index (χ1v) is 12.1. The number of aromatic nitrogens is 2. The molecule has 11 heteroatoms. The fourth-order valence-electron chi connectivity index (χ4n) is 2.78. The fraction of sp³-hybridized carbons (Fsp3) is 0.391. The predicted octanol–water partition coefficient (Wildman–Crippen LogP) is 4.60. The topological polar surface area (TPSA) is 90.5 Å². The van der Waals surface area contributed by atoms with Crippen LogP contribution in [0.15, 0.2) is 42.5 Å². The summed E-state index contributed by atoms with van der Waals surface area (Å²) < 4.78 is 51.6. The van der Waals surface area contributed by atoms with E-state index in [4.69, 9.17) is 20.3 Å². The van der Waals surface area contributed by atoms with E-state index in [1.165, 1.54) is 17.4 Å². The molecule has 1 atom stereocenters. The second-order valence-electron chi connectivity index (χ2n) is 7.18. The van der Waals surface area contributed by atoms with Crippen molar-refractivity contribution in [1.82, 2.24) is 10.2 Å². The first-order chi connectivity index (χ1) is 16.2. The quantitative estimate of drug-likeness (QED) is 0.303. The van der Waals surface area contributed by atoms with Gasteiger partial charge < -0.3 is 20.3 Å². The summed E-state index contributed by atoms with van der Waals surface area (Å²) in [6, 6.07) is 11.7. The highest BCUT2D eigenvalue weighted by Crippen LogP contribution is 2.39. The molecule has 0 radical (unpaired) electrons. The molecular weight excluding hydrogens is 486 g/mol. The van der Waals surface area contributed by atoms with Gasteiger partial charge in [-0.2, -0.15) is 13.2 Å². The monoisotopic (exact) mass is 515 g/mol. The number of aryl methyl sites for hydroxylation is 1. The zero-order chi connectivity index (χ0) is 25.0. The third-order valence-corrected chi connectivity index (χ3v) is 5.61. The maximum atomic E-state index is 13.5. The number of hydrogen-bond donors (Lipinski definition) is 2. The van der Waals surface area contributed by atoms with E-state index >= 15 is 0 Å². The number of nitrogens with two attached hydrogens (primary N) is 1. The summed E-state index contributed by atoms with van der Waals surface area (Å²) in [5.74, 6) is 0.639. The second kappa shape index (κ2) is 14.2. The Labute approximate surface area is 203 Å². The highest BCUT2D eigenvalue weighted by molar-refractivity contribution is 7.27. The van der Waals surface area contributed by atoms with Crippen LogP contribution in [0, 0.1) is 6.92 Å². The highest BCUT2D eigenvalue weighted by atomic mass is 32.1. The van der Waals surface area contributed by atoms with Gasteiger partial charge >= 0.3 is 6.18 Å². The molecule has 1 aromatic heterocycles. The van der Waals surface area contributed by atoms with E-state index in [0.29, 0.717) is 35.2 Å². The Balaban J connectivity index is 0.000000945. The molecule has 3 aromatic rings. The molecule has 186 valence electrons. The highest BCUT2D eigenvalue weighted by Gasteiger charge is 2.35. The van der Waals surface area contributed by atoms with Crippen LogP contribution >= 0.6 is 20.6 Å². The lowest BCUT2D eigenvalue weighted by molar-refractivity contribution is -0.138. The van der Waals surface area contributed by atoms with Gasteiger partial charge in [-0.1, -0.05) is 23.5 Å². The molecule has 6 nitrogen and oxygen atoms in total. The Morgan fingerprint density at radius 1 is 1.03 bits per heavy atom. The summed E-state index contributed by atoms with van der Waals surface area (Å²) in [5.41, 5.74) is 4.36. The van der Waals surface area contributed by atoms with Gasteiger partial charge in [-0.3, -0.25) is 0 Å². The smallest absolute Gasteiger partial charge is 0.419 e. The molecule has 1 heterocycles. The van der Waals surface area contributed by atoms with Crippen LogP contribution in [0.1, 0.15) is 29.8 Å². The maximum absolute atomic E-state index is 13.5. The van der Waals surface area contributed by atoms with Crippen molar-refractivity contribution in [3.05, 3.63) is 53.0 Å².